The maximum atomic E-state index is 13.6. The molecule has 4 saturated carbocycles. The van der Waals surface area contributed by atoms with E-state index in [0.29, 0.717) is 52.7 Å². The largest absolute Gasteiger partial charge is 0.354 e. The third-order valence-corrected chi connectivity index (χ3v) is 11.0. The van der Waals surface area contributed by atoms with Gasteiger partial charge in [0.2, 0.25) is 5.91 Å². The van der Waals surface area contributed by atoms with E-state index >= 15 is 0 Å². The Kier molecular flexibility index (Phi) is 6.87. The van der Waals surface area contributed by atoms with Crippen molar-refractivity contribution in [2.45, 2.75) is 118 Å². The quantitative estimate of drug-likeness (QED) is 0.491. The highest BCUT2D eigenvalue weighted by Crippen LogP contribution is 2.67. The molecule has 0 aromatic rings. The SMILES string of the molecule is CC(=O)N[C@@H]1CC[C@@]2(C)[C@@H](CC[C@@H]3[C@@H]2CC[C@]2(C)[C@@H]([C@H](C)CCCC(C)C)CC(=O)[C@@H]32)C1. The number of ketones is 1. The summed E-state index contributed by atoms with van der Waals surface area (Å²) in [5.41, 5.74) is 0.590. The zero-order chi connectivity index (χ0) is 23.3. The molecule has 0 bridgehead atoms. The van der Waals surface area contributed by atoms with Gasteiger partial charge in [-0.3, -0.25) is 9.59 Å². The van der Waals surface area contributed by atoms with Gasteiger partial charge in [0.15, 0.2) is 0 Å². The lowest BCUT2D eigenvalue weighted by atomic mass is 9.44. The molecule has 3 nitrogen and oxygen atoms in total. The van der Waals surface area contributed by atoms with Gasteiger partial charge in [-0.25, -0.2) is 0 Å². The summed E-state index contributed by atoms with van der Waals surface area (Å²) in [6.07, 6.45) is 13.3. The Morgan fingerprint density at radius 1 is 1.03 bits per heavy atom. The van der Waals surface area contributed by atoms with Crippen LogP contribution in [0.5, 0.6) is 0 Å². The second kappa shape index (κ2) is 9.06. The highest BCUT2D eigenvalue weighted by molar-refractivity contribution is 5.85. The standard InChI is InChI=1S/C29H49NO2/c1-18(2)8-7-9-19(3)25-17-26(32)27-23-11-10-21-16-22(30-20(4)31)12-14-28(21,5)24(23)13-15-29(25,27)6/h18-19,21-25,27H,7-17H2,1-6H3,(H,30,31)/t19-,21+,22-,23-,24+,25-,27-,28+,29-/m1/s1. The van der Waals surface area contributed by atoms with Crippen molar-refractivity contribution in [3.8, 4) is 0 Å². The van der Waals surface area contributed by atoms with Crippen LogP contribution in [-0.2, 0) is 9.59 Å². The lowest BCUT2D eigenvalue weighted by molar-refractivity contribution is -0.143. The minimum atomic E-state index is 0.117. The summed E-state index contributed by atoms with van der Waals surface area (Å²) in [6, 6.07) is 0.361. The Balaban J connectivity index is 1.48. The Labute approximate surface area is 197 Å². The van der Waals surface area contributed by atoms with Gasteiger partial charge in [-0.15, -0.1) is 0 Å². The molecule has 4 aliphatic rings. The smallest absolute Gasteiger partial charge is 0.217 e. The second-order valence-electron chi connectivity index (χ2n) is 13.3. The third-order valence-electron chi connectivity index (χ3n) is 11.0. The summed E-state index contributed by atoms with van der Waals surface area (Å²) in [4.78, 5) is 25.2. The first-order valence-corrected chi connectivity index (χ1v) is 13.9. The van der Waals surface area contributed by atoms with Crippen LogP contribution in [0.15, 0.2) is 0 Å². The highest BCUT2D eigenvalue weighted by atomic mass is 16.1. The number of Topliss-reactive ketones (excluding diaryl/α,β-unsaturated/α-hetero) is 1. The first-order valence-electron chi connectivity index (χ1n) is 13.9. The molecule has 4 rings (SSSR count). The lowest BCUT2D eigenvalue weighted by Gasteiger charge is -2.61. The molecule has 0 saturated heterocycles. The molecular formula is C29H49NO2. The summed E-state index contributed by atoms with van der Waals surface area (Å²) < 4.78 is 0. The first kappa shape index (κ1) is 24.3. The number of carbonyl (C=O) groups is 2. The molecule has 0 aromatic carbocycles. The van der Waals surface area contributed by atoms with Gasteiger partial charge in [0.25, 0.3) is 0 Å². The summed E-state index contributed by atoms with van der Waals surface area (Å²) in [7, 11) is 0. The molecule has 4 fully saturated rings. The van der Waals surface area contributed by atoms with Crippen molar-refractivity contribution in [3.05, 3.63) is 0 Å². The van der Waals surface area contributed by atoms with Gasteiger partial charge in [-0.1, -0.05) is 53.9 Å². The Hall–Kier alpha value is -0.860. The van der Waals surface area contributed by atoms with Crippen LogP contribution in [0.3, 0.4) is 0 Å². The molecule has 1 N–H and O–H groups in total. The Morgan fingerprint density at radius 3 is 2.44 bits per heavy atom. The van der Waals surface area contributed by atoms with Crippen molar-refractivity contribution < 1.29 is 9.59 Å². The number of carbonyl (C=O) groups excluding carboxylic acids is 2. The van der Waals surface area contributed by atoms with Crippen molar-refractivity contribution in [2.24, 2.45) is 52.3 Å². The van der Waals surface area contributed by atoms with Crippen LogP contribution in [0.1, 0.15) is 112 Å². The Morgan fingerprint density at radius 2 is 1.75 bits per heavy atom. The zero-order valence-corrected chi connectivity index (χ0v) is 21.7. The van der Waals surface area contributed by atoms with E-state index in [1.165, 1.54) is 51.4 Å². The molecule has 0 spiro atoms. The normalized spacial score (nSPS) is 44.5. The number of fused-ring (bicyclic) bond motifs is 5. The molecule has 0 aliphatic heterocycles. The van der Waals surface area contributed by atoms with Crippen molar-refractivity contribution >= 4 is 11.7 Å². The van der Waals surface area contributed by atoms with Gasteiger partial charge in [-0.05, 0) is 91.3 Å². The number of hydrogen-bond acceptors (Lipinski definition) is 2. The van der Waals surface area contributed by atoms with Gasteiger partial charge in [-0.2, -0.15) is 0 Å². The van der Waals surface area contributed by atoms with Gasteiger partial charge in [0.05, 0.1) is 0 Å². The van der Waals surface area contributed by atoms with E-state index in [0.717, 1.165) is 25.2 Å². The summed E-state index contributed by atoms with van der Waals surface area (Å²) in [5.74, 6) is 5.10. The fourth-order valence-corrected chi connectivity index (χ4v) is 9.41. The average molecular weight is 444 g/mol. The predicted octanol–water partition coefficient (Wildman–Crippen LogP) is 6.79. The first-order chi connectivity index (χ1) is 15.1. The fraction of sp³-hybridized carbons (Fsp3) is 0.931. The van der Waals surface area contributed by atoms with E-state index < -0.39 is 0 Å². The molecule has 9 atom stereocenters. The van der Waals surface area contributed by atoms with Crippen molar-refractivity contribution in [1.82, 2.24) is 5.32 Å². The van der Waals surface area contributed by atoms with E-state index in [2.05, 4.69) is 39.9 Å². The summed E-state index contributed by atoms with van der Waals surface area (Å²) >= 11 is 0. The lowest BCUT2D eigenvalue weighted by Crippen LogP contribution is -2.56. The minimum absolute atomic E-state index is 0.117. The zero-order valence-electron chi connectivity index (χ0n) is 21.7. The van der Waals surface area contributed by atoms with Crippen molar-refractivity contribution in [2.75, 3.05) is 0 Å². The van der Waals surface area contributed by atoms with Crippen LogP contribution in [0.4, 0.5) is 0 Å². The highest BCUT2D eigenvalue weighted by Gasteiger charge is 2.63. The number of amides is 1. The Bertz CT molecular complexity index is 716. The molecule has 32 heavy (non-hydrogen) atoms. The molecule has 0 aromatic heterocycles. The van der Waals surface area contributed by atoms with E-state index in [9.17, 15) is 9.59 Å². The number of hydrogen-bond donors (Lipinski definition) is 1. The van der Waals surface area contributed by atoms with Gasteiger partial charge < -0.3 is 5.32 Å². The minimum Gasteiger partial charge on any atom is -0.354 e. The van der Waals surface area contributed by atoms with Gasteiger partial charge >= 0.3 is 0 Å². The number of nitrogens with one attached hydrogen (secondary N) is 1. The molecule has 1 amide bonds. The molecule has 3 heteroatoms. The van der Waals surface area contributed by atoms with Crippen molar-refractivity contribution in [3.63, 3.8) is 0 Å². The maximum Gasteiger partial charge on any atom is 0.217 e. The molecular weight excluding hydrogens is 394 g/mol. The van der Waals surface area contributed by atoms with Crippen LogP contribution in [0, 0.1) is 52.3 Å². The predicted molar refractivity (Wildman–Crippen MR) is 131 cm³/mol. The van der Waals surface area contributed by atoms with Crippen LogP contribution < -0.4 is 5.32 Å². The molecule has 4 aliphatic carbocycles. The van der Waals surface area contributed by atoms with Crippen molar-refractivity contribution in [1.29, 1.82) is 0 Å². The summed E-state index contributed by atoms with van der Waals surface area (Å²) in [5, 5.41) is 3.20. The van der Waals surface area contributed by atoms with E-state index in [4.69, 9.17) is 0 Å². The van der Waals surface area contributed by atoms with Gasteiger partial charge in [0, 0.05) is 25.3 Å². The van der Waals surface area contributed by atoms with Gasteiger partial charge in [0.1, 0.15) is 5.78 Å². The third kappa shape index (κ3) is 4.20. The van der Waals surface area contributed by atoms with E-state index in [-0.39, 0.29) is 11.3 Å². The van der Waals surface area contributed by atoms with Crippen LogP contribution in [-0.4, -0.2) is 17.7 Å². The molecule has 0 radical (unpaired) electrons. The monoisotopic (exact) mass is 443 g/mol. The van der Waals surface area contributed by atoms with E-state index in [1.807, 2.05) is 0 Å². The van der Waals surface area contributed by atoms with Crippen LogP contribution in [0.25, 0.3) is 0 Å². The molecule has 182 valence electrons. The number of rotatable bonds is 6. The van der Waals surface area contributed by atoms with E-state index in [1.54, 1.807) is 6.92 Å². The second-order valence-corrected chi connectivity index (χ2v) is 13.3. The molecule has 0 heterocycles. The molecule has 0 unspecified atom stereocenters. The topological polar surface area (TPSA) is 46.2 Å². The average Bonchev–Trinajstić information content (AvgIpc) is 2.98. The maximum absolute atomic E-state index is 13.6. The van der Waals surface area contributed by atoms with Crippen LogP contribution >= 0.6 is 0 Å². The van der Waals surface area contributed by atoms with Crippen LogP contribution in [0.2, 0.25) is 0 Å². The fourth-order valence-electron chi connectivity index (χ4n) is 9.41. The summed E-state index contributed by atoms with van der Waals surface area (Å²) in [6.45, 7) is 13.8.